The lowest BCUT2D eigenvalue weighted by Crippen LogP contribution is -2.33. The van der Waals surface area contributed by atoms with Gasteiger partial charge in [-0.1, -0.05) is 0 Å². The van der Waals surface area contributed by atoms with Gasteiger partial charge in [0.15, 0.2) is 0 Å². The Morgan fingerprint density at radius 1 is 0.900 bits per heavy atom. The molecule has 0 atom stereocenters. The summed E-state index contributed by atoms with van der Waals surface area (Å²) < 4.78 is 76.2. The number of alkyl halides is 6. The summed E-state index contributed by atoms with van der Waals surface area (Å²) in [7, 11) is 0. The number of halogens is 6. The number of rotatable bonds is 1. The van der Waals surface area contributed by atoms with Crippen molar-refractivity contribution in [2.45, 2.75) is 37.0 Å². The summed E-state index contributed by atoms with van der Waals surface area (Å²) >= 11 is 0. The second-order valence-corrected chi connectivity index (χ2v) is 4.84. The van der Waals surface area contributed by atoms with E-state index in [0.29, 0.717) is 18.6 Å². The van der Waals surface area contributed by atoms with E-state index in [2.05, 4.69) is 0 Å². The molecule has 7 heteroatoms. The molecule has 0 spiro atoms. The second kappa shape index (κ2) is 4.40. The highest BCUT2D eigenvalue weighted by Gasteiger charge is 2.43. The van der Waals surface area contributed by atoms with Gasteiger partial charge in [-0.15, -0.1) is 0 Å². The fourth-order valence-electron chi connectivity index (χ4n) is 2.23. The van der Waals surface area contributed by atoms with Crippen molar-refractivity contribution in [3.05, 3.63) is 34.9 Å². The third-order valence-electron chi connectivity index (χ3n) is 3.56. The third kappa shape index (κ3) is 2.47. The Bertz CT molecular complexity index is 527. The summed E-state index contributed by atoms with van der Waals surface area (Å²) in [5.41, 5.74) is -4.16. The maximum Gasteiger partial charge on any atom is 0.416 e. The van der Waals surface area contributed by atoms with E-state index < -0.39 is 28.9 Å². The van der Waals surface area contributed by atoms with E-state index in [0.717, 1.165) is 0 Å². The number of hydrogen-bond acceptors (Lipinski definition) is 1. The maximum absolute atomic E-state index is 12.7. The van der Waals surface area contributed by atoms with Gasteiger partial charge < -0.3 is 0 Å². The Morgan fingerprint density at radius 2 is 1.35 bits per heavy atom. The Hall–Kier alpha value is -1.71. The first kappa shape index (κ1) is 14.7. The summed E-state index contributed by atoms with van der Waals surface area (Å²) in [6, 6.07) is 3.23. The van der Waals surface area contributed by atoms with Crippen molar-refractivity contribution in [3.8, 4) is 6.07 Å². The molecule has 0 aliphatic heterocycles. The zero-order valence-corrected chi connectivity index (χ0v) is 10.1. The number of nitrogens with zero attached hydrogens (tertiary/aromatic N) is 1. The van der Waals surface area contributed by atoms with E-state index in [1.807, 2.05) is 6.07 Å². The van der Waals surface area contributed by atoms with E-state index >= 15 is 0 Å². The van der Waals surface area contributed by atoms with Crippen LogP contribution >= 0.6 is 0 Å². The molecule has 1 fully saturated rings. The van der Waals surface area contributed by atoms with Crippen molar-refractivity contribution in [1.29, 1.82) is 5.26 Å². The van der Waals surface area contributed by atoms with Crippen LogP contribution in [0, 0.1) is 11.3 Å². The highest BCUT2D eigenvalue weighted by atomic mass is 19.4. The van der Waals surface area contributed by atoms with Gasteiger partial charge in [-0.2, -0.15) is 31.6 Å². The van der Waals surface area contributed by atoms with Crippen LogP contribution in [0.3, 0.4) is 0 Å². The van der Waals surface area contributed by atoms with Crippen molar-refractivity contribution in [3.63, 3.8) is 0 Å². The van der Waals surface area contributed by atoms with Crippen molar-refractivity contribution in [2.75, 3.05) is 0 Å². The summed E-state index contributed by atoms with van der Waals surface area (Å²) in [6.07, 6.45) is -8.58. The fourth-order valence-corrected chi connectivity index (χ4v) is 2.23. The summed E-state index contributed by atoms with van der Waals surface area (Å²) in [6.45, 7) is 0. The molecule has 0 aromatic heterocycles. The molecular weight excluding hydrogens is 284 g/mol. The van der Waals surface area contributed by atoms with E-state index in [-0.39, 0.29) is 24.5 Å². The van der Waals surface area contributed by atoms with Gasteiger partial charge in [-0.25, -0.2) is 0 Å². The normalized spacial score (nSPS) is 18.2. The zero-order chi connectivity index (χ0) is 15.2. The summed E-state index contributed by atoms with van der Waals surface area (Å²) in [4.78, 5) is 0. The van der Waals surface area contributed by atoms with Gasteiger partial charge in [0.25, 0.3) is 0 Å². The van der Waals surface area contributed by atoms with Crippen molar-refractivity contribution >= 4 is 0 Å². The first-order valence-electron chi connectivity index (χ1n) is 5.80. The number of nitriles is 1. The topological polar surface area (TPSA) is 23.8 Å². The van der Waals surface area contributed by atoms with Crippen molar-refractivity contribution in [2.24, 2.45) is 0 Å². The Balaban J connectivity index is 2.61. The minimum atomic E-state index is -4.88. The van der Waals surface area contributed by atoms with Crippen LogP contribution in [0.5, 0.6) is 0 Å². The molecule has 108 valence electrons. The Labute approximate surface area is 110 Å². The van der Waals surface area contributed by atoms with E-state index in [1.54, 1.807) is 0 Å². The molecule has 1 aliphatic rings. The molecule has 2 rings (SSSR count). The molecule has 0 saturated heterocycles. The Kier molecular flexibility index (Phi) is 3.23. The van der Waals surface area contributed by atoms with Crippen LogP contribution in [-0.4, -0.2) is 0 Å². The molecule has 0 amide bonds. The Morgan fingerprint density at radius 3 is 1.60 bits per heavy atom. The van der Waals surface area contributed by atoms with Gasteiger partial charge in [0.1, 0.15) is 0 Å². The monoisotopic (exact) mass is 293 g/mol. The zero-order valence-electron chi connectivity index (χ0n) is 10.1. The largest absolute Gasteiger partial charge is 0.416 e. The first-order chi connectivity index (χ1) is 9.08. The predicted octanol–water partition coefficient (Wildman–Crippen LogP) is 4.67. The molecular formula is C13H9F6N. The third-order valence-corrected chi connectivity index (χ3v) is 3.56. The minimum absolute atomic E-state index is 0.0766. The van der Waals surface area contributed by atoms with Crippen LogP contribution in [0.15, 0.2) is 18.2 Å². The lowest BCUT2D eigenvalue weighted by molar-refractivity contribution is -0.143. The molecule has 0 unspecified atom stereocenters. The predicted molar refractivity (Wildman–Crippen MR) is 57.6 cm³/mol. The van der Waals surface area contributed by atoms with Crippen LogP contribution in [0.2, 0.25) is 0 Å². The van der Waals surface area contributed by atoms with Gasteiger partial charge in [0, 0.05) is 0 Å². The van der Waals surface area contributed by atoms with Crippen LogP contribution in [-0.2, 0) is 17.8 Å². The molecule has 1 aliphatic carbocycles. The highest BCUT2D eigenvalue weighted by molar-refractivity contribution is 5.42. The molecule has 1 nitrogen and oxygen atoms in total. The summed E-state index contributed by atoms with van der Waals surface area (Å²) in [5.74, 6) is 0. The van der Waals surface area contributed by atoms with Gasteiger partial charge in [-0.05, 0) is 43.0 Å². The number of benzene rings is 1. The lowest BCUT2D eigenvalue weighted by Gasteiger charge is -2.36. The van der Waals surface area contributed by atoms with E-state index in [1.165, 1.54) is 0 Å². The smallest absolute Gasteiger partial charge is 0.197 e. The first-order valence-corrected chi connectivity index (χ1v) is 5.80. The molecule has 1 aromatic rings. The van der Waals surface area contributed by atoms with Crippen molar-refractivity contribution < 1.29 is 26.3 Å². The average molecular weight is 293 g/mol. The van der Waals surface area contributed by atoms with E-state index in [4.69, 9.17) is 5.26 Å². The van der Waals surface area contributed by atoms with Gasteiger partial charge in [-0.3, -0.25) is 0 Å². The standard InChI is InChI=1S/C13H9F6N/c14-12(15,16)9-4-8(11(7-20)2-1-3-11)5-10(6-9)13(17,18)19/h4-6H,1-3H2. The van der Waals surface area contributed by atoms with Crippen LogP contribution in [0.1, 0.15) is 36.0 Å². The van der Waals surface area contributed by atoms with Crippen LogP contribution in [0.25, 0.3) is 0 Å². The highest BCUT2D eigenvalue weighted by Crippen LogP contribution is 2.46. The molecule has 0 radical (unpaired) electrons. The fraction of sp³-hybridized carbons (Fsp3) is 0.462. The SMILES string of the molecule is N#CC1(c2cc(C(F)(F)F)cc(C(F)(F)F)c2)CCC1. The minimum Gasteiger partial charge on any atom is -0.197 e. The molecule has 20 heavy (non-hydrogen) atoms. The molecule has 1 saturated carbocycles. The second-order valence-electron chi connectivity index (χ2n) is 4.84. The quantitative estimate of drug-likeness (QED) is 0.690. The average Bonchev–Trinajstić information content (AvgIpc) is 2.25. The van der Waals surface area contributed by atoms with Gasteiger partial charge >= 0.3 is 12.4 Å². The van der Waals surface area contributed by atoms with Gasteiger partial charge in [0.05, 0.1) is 22.6 Å². The van der Waals surface area contributed by atoms with Crippen molar-refractivity contribution in [1.82, 2.24) is 0 Å². The van der Waals surface area contributed by atoms with Gasteiger partial charge in [0.2, 0.25) is 0 Å². The van der Waals surface area contributed by atoms with Crippen LogP contribution in [0.4, 0.5) is 26.3 Å². The molecule has 0 N–H and O–H groups in total. The maximum atomic E-state index is 12.7. The number of hydrogen-bond donors (Lipinski definition) is 0. The molecule has 0 bridgehead atoms. The van der Waals surface area contributed by atoms with E-state index in [9.17, 15) is 26.3 Å². The summed E-state index contributed by atoms with van der Waals surface area (Å²) in [5, 5.41) is 9.06. The lowest BCUT2D eigenvalue weighted by atomic mass is 9.65. The molecule has 0 heterocycles. The molecule has 1 aromatic carbocycles. The van der Waals surface area contributed by atoms with Crippen LogP contribution < -0.4 is 0 Å².